The molecule has 6 nitrogen and oxygen atoms in total. The Bertz CT molecular complexity index is 1270. The average Bonchev–Trinajstić information content (AvgIpc) is 3.32. The predicted octanol–water partition coefficient (Wildman–Crippen LogP) is 4.85. The molecular formula is C25H22N4O2S. The van der Waals surface area contributed by atoms with E-state index in [1.807, 2.05) is 60.0 Å². The van der Waals surface area contributed by atoms with Crippen LogP contribution >= 0.6 is 11.3 Å². The first kappa shape index (κ1) is 20.3. The number of nitrogens with one attached hydrogen (secondary N) is 1. The first-order valence-corrected chi connectivity index (χ1v) is 11.5. The molecule has 32 heavy (non-hydrogen) atoms. The molecule has 0 bridgehead atoms. The molecule has 5 rings (SSSR count). The van der Waals surface area contributed by atoms with Gasteiger partial charge in [-0.05, 0) is 41.8 Å². The van der Waals surface area contributed by atoms with Crippen molar-refractivity contribution in [3.8, 4) is 11.3 Å². The fraction of sp³-hybridized carbons (Fsp3) is 0.200. The lowest BCUT2D eigenvalue weighted by molar-refractivity contribution is -0.121. The maximum atomic E-state index is 13.3. The van der Waals surface area contributed by atoms with Gasteiger partial charge in [0.2, 0.25) is 5.91 Å². The summed E-state index contributed by atoms with van der Waals surface area (Å²) >= 11 is 1.39. The summed E-state index contributed by atoms with van der Waals surface area (Å²) in [5, 5.41) is 7.39. The van der Waals surface area contributed by atoms with Gasteiger partial charge in [0, 0.05) is 42.0 Å². The van der Waals surface area contributed by atoms with E-state index in [2.05, 4.69) is 15.3 Å². The van der Waals surface area contributed by atoms with Crippen LogP contribution in [-0.2, 0) is 4.79 Å². The molecule has 1 atom stereocenters. The molecule has 2 aromatic heterocycles. The molecule has 0 radical (unpaired) electrons. The van der Waals surface area contributed by atoms with Crippen LogP contribution in [0.5, 0.6) is 0 Å². The van der Waals surface area contributed by atoms with Crippen LogP contribution in [0.4, 0.5) is 5.13 Å². The molecule has 1 aliphatic heterocycles. The molecule has 2 amide bonds. The molecule has 4 aromatic rings. The first-order chi connectivity index (χ1) is 15.7. The summed E-state index contributed by atoms with van der Waals surface area (Å²) in [4.78, 5) is 36.6. The number of benzene rings is 2. The first-order valence-electron chi connectivity index (χ1n) is 10.6. The molecule has 0 spiro atoms. The van der Waals surface area contributed by atoms with E-state index in [9.17, 15) is 9.59 Å². The number of thiazole rings is 1. The largest absolute Gasteiger partial charge is 0.338 e. The second kappa shape index (κ2) is 8.88. The quantitative estimate of drug-likeness (QED) is 0.490. The molecule has 0 aliphatic carbocycles. The molecule has 2 aromatic carbocycles. The summed E-state index contributed by atoms with van der Waals surface area (Å²) in [6, 6.07) is 17.5. The number of aromatic nitrogens is 2. The zero-order valence-corrected chi connectivity index (χ0v) is 18.2. The van der Waals surface area contributed by atoms with Gasteiger partial charge in [-0.1, -0.05) is 36.4 Å². The Morgan fingerprint density at radius 3 is 2.81 bits per heavy atom. The summed E-state index contributed by atoms with van der Waals surface area (Å²) in [5.41, 5.74) is 2.38. The molecule has 1 fully saturated rings. The highest BCUT2D eigenvalue weighted by Gasteiger charge is 2.30. The summed E-state index contributed by atoms with van der Waals surface area (Å²) < 4.78 is 0. The monoisotopic (exact) mass is 442 g/mol. The lowest BCUT2D eigenvalue weighted by Crippen LogP contribution is -2.43. The summed E-state index contributed by atoms with van der Waals surface area (Å²) in [6.45, 7) is 1.07. The SMILES string of the molecule is O=C(Nc1nc(-c2cccnc2)cs1)C1CCCN(C(=O)c2cccc3ccccc23)C1. The van der Waals surface area contributed by atoms with Gasteiger partial charge >= 0.3 is 0 Å². The van der Waals surface area contributed by atoms with E-state index < -0.39 is 0 Å². The van der Waals surface area contributed by atoms with Gasteiger partial charge in [-0.15, -0.1) is 11.3 Å². The number of carbonyl (C=O) groups is 2. The van der Waals surface area contributed by atoms with E-state index in [4.69, 9.17) is 0 Å². The van der Waals surface area contributed by atoms with Gasteiger partial charge in [0.25, 0.3) is 5.91 Å². The Morgan fingerprint density at radius 2 is 1.94 bits per heavy atom. The third kappa shape index (κ3) is 4.11. The molecule has 1 unspecified atom stereocenters. The van der Waals surface area contributed by atoms with Crippen LogP contribution in [0, 0.1) is 5.92 Å². The highest BCUT2D eigenvalue weighted by molar-refractivity contribution is 7.14. The third-order valence-electron chi connectivity index (χ3n) is 5.79. The van der Waals surface area contributed by atoms with Gasteiger partial charge in [0.15, 0.2) is 5.13 Å². The van der Waals surface area contributed by atoms with Gasteiger partial charge in [0.1, 0.15) is 0 Å². The van der Waals surface area contributed by atoms with E-state index >= 15 is 0 Å². The van der Waals surface area contributed by atoms with Crippen LogP contribution in [-0.4, -0.2) is 39.8 Å². The number of hydrogen-bond acceptors (Lipinski definition) is 5. The molecule has 7 heteroatoms. The van der Waals surface area contributed by atoms with Gasteiger partial charge in [-0.2, -0.15) is 0 Å². The zero-order chi connectivity index (χ0) is 21.9. The second-order valence-corrected chi connectivity index (χ2v) is 8.74. The minimum atomic E-state index is -0.256. The molecule has 1 aliphatic rings. The van der Waals surface area contributed by atoms with Crippen LogP contribution in [0.2, 0.25) is 0 Å². The summed E-state index contributed by atoms with van der Waals surface area (Å²) in [5.74, 6) is -0.367. The van der Waals surface area contributed by atoms with Crippen LogP contribution in [0.1, 0.15) is 23.2 Å². The van der Waals surface area contributed by atoms with Crippen LogP contribution in [0.25, 0.3) is 22.0 Å². The van der Waals surface area contributed by atoms with Crippen molar-refractivity contribution in [2.24, 2.45) is 5.92 Å². The van der Waals surface area contributed by atoms with Gasteiger partial charge in [0.05, 0.1) is 11.6 Å². The Balaban J connectivity index is 1.28. The molecular weight excluding hydrogens is 420 g/mol. The Labute approximate surface area is 189 Å². The normalized spacial score (nSPS) is 16.1. The summed E-state index contributed by atoms with van der Waals surface area (Å²) in [7, 11) is 0. The van der Waals surface area contributed by atoms with Crippen molar-refractivity contribution in [2.45, 2.75) is 12.8 Å². The minimum Gasteiger partial charge on any atom is -0.338 e. The van der Waals surface area contributed by atoms with E-state index in [-0.39, 0.29) is 17.7 Å². The number of rotatable bonds is 4. The Morgan fingerprint density at radius 1 is 1.06 bits per heavy atom. The van der Waals surface area contributed by atoms with E-state index in [0.29, 0.717) is 23.8 Å². The highest BCUT2D eigenvalue weighted by atomic mass is 32.1. The van der Waals surface area contributed by atoms with Gasteiger partial charge < -0.3 is 10.2 Å². The van der Waals surface area contributed by atoms with E-state index in [1.165, 1.54) is 11.3 Å². The van der Waals surface area contributed by atoms with Crippen molar-refractivity contribution in [1.29, 1.82) is 0 Å². The molecule has 3 heterocycles. The van der Waals surface area contributed by atoms with Gasteiger partial charge in [-0.3, -0.25) is 14.6 Å². The number of hydrogen-bond donors (Lipinski definition) is 1. The maximum absolute atomic E-state index is 13.3. The zero-order valence-electron chi connectivity index (χ0n) is 17.4. The van der Waals surface area contributed by atoms with Crippen LogP contribution < -0.4 is 5.32 Å². The summed E-state index contributed by atoms with van der Waals surface area (Å²) in [6.07, 6.45) is 5.02. The van der Waals surface area contributed by atoms with Crippen molar-refractivity contribution in [1.82, 2.24) is 14.9 Å². The molecule has 160 valence electrons. The lowest BCUT2D eigenvalue weighted by atomic mass is 9.95. The number of likely N-dealkylation sites (tertiary alicyclic amines) is 1. The number of carbonyl (C=O) groups excluding carboxylic acids is 2. The third-order valence-corrected chi connectivity index (χ3v) is 6.55. The minimum absolute atomic E-state index is 0.0209. The number of nitrogens with zero attached hydrogens (tertiary/aromatic N) is 3. The Hall–Kier alpha value is -3.58. The van der Waals surface area contributed by atoms with Gasteiger partial charge in [-0.25, -0.2) is 4.98 Å². The predicted molar refractivity (Wildman–Crippen MR) is 127 cm³/mol. The average molecular weight is 443 g/mol. The van der Waals surface area contributed by atoms with Crippen molar-refractivity contribution in [3.63, 3.8) is 0 Å². The smallest absolute Gasteiger partial charge is 0.254 e. The Kier molecular flexibility index (Phi) is 5.64. The van der Waals surface area contributed by atoms with E-state index in [0.717, 1.165) is 34.9 Å². The van der Waals surface area contributed by atoms with Crippen LogP contribution in [0.15, 0.2) is 72.4 Å². The standard InChI is InChI=1S/C25H22N4O2S/c30-23(28-25-27-22(16-32-25)18-8-4-12-26-14-18)19-9-5-13-29(15-19)24(31)21-11-3-7-17-6-1-2-10-20(17)21/h1-4,6-8,10-12,14,16,19H,5,9,13,15H2,(H,27,28,30). The fourth-order valence-corrected chi connectivity index (χ4v) is 4.87. The molecule has 1 N–H and O–H groups in total. The topological polar surface area (TPSA) is 75.2 Å². The van der Waals surface area contributed by atoms with E-state index in [1.54, 1.807) is 17.3 Å². The number of anilines is 1. The number of pyridine rings is 1. The number of piperidine rings is 1. The van der Waals surface area contributed by atoms with Crippen molar-refractivity contribution in [2.75, 3.05) is 18.4 Å². The van der Waals surface area contributed by atoms with Crippen LogP contribution in [0.3, 0.4) is 0 Å². The lowest BCUT2D eigenvalue weighted by Gasteiger charge is -2.32. The maximum Gasteiger partial charge on any atom is 0.254 e. The molecule has 0 saturated carbocycles. The molecule has 1 saturated heterocycles. The van der Waals surface area contributed by atoms with Crippen molar-refractivity contribution in [3.05, 3.63) is 77.9 Å². The number of fused-ring (bicyclic) bond motifs is 1. The second-order valence-electron chi connectivity index (χ2n) is 7.89. The van der Waals surface area contributed by atoms with Crippen molar-refractivity contribution >= 4 is 39.1 Å². The highest BCUT2D eigenvalue weighted by Crippen LogP contribution is 2.27. The number of amides is 2. The fourth-order valence-electron chi connectivity index (χ4n) is 4.14. The van der Waals surface area contributed by atoms with Crippen molar-refractivity contribution < 1.29 is 9.59 Å².